The predicted molar refractivity (Wildman–Crippen MR) is 96.8 cm³/mol. The summed E-state index contributed by atoms with van der Waals surface area (Å²) in [4.78, 5) is 16.2. The van der Waals surface area contributed by atoms with E-state index in [0.29, 0.717) is 5.56 Å². The second-order valence-corrected chi connectivity index (χ2v) is 8.27. The van der Waals surface area contributed by atoms with Crippen molar-refractivity contribution >= 4 is 21.4 Å². The van der Waals surface area contributed by atoms with Gasteiger partial charge in [0.15, 0.2) is 21.5 Å². The fourth-order valence-electron chi connectivity index (χ4n) is 2.30. The molecule has 1 aromatic heterocycles. The molecule has 0 bridgehead atoms. The minimum atomic E-state index is -4.00. The SMILES string of the molecule is C[C@H](C(=O)Nc1ccc(F)c(F)c1)S(=O)(=O)Cc1nc(-c2ccccc2)no1. The van der Waals surface area contributed by atoms with E-state index in [1.807, 2.05) is 6.07 Å². The van der Waals surface area contributed by atoms with Crippen LogP contribution in [-0.4, -0.2) is 29.7 Å². The number of rotatable bonds is 6. The Morgan fingerprint density at radius 3 is 2.54 bits per heavy atom. The molecule has 0 saturated carbocycles. The second kappa shape index (κ2) is 7.85. The number of aromatic nitrogens is 2. The zero-order chi connectivity index (χ0) is 20.3. The molecule has 1 atom stereocenters. The van der Waals surface area contributed by atoms with Crippen LogP contribution >= 0.6 is 0 Å². The van der Waals surface area contributed by atoms with Crippen molar-refractivity contribution in [2.45, 2.75) is 17.9 Å². The Labute approximate surface area is 159 Å². The minimum Gasteiger partial charge on any atom is -0.338 e. The molecule has 0 aliphatic heterocycles. The van der Waals surface area contributed by atoms with E-state index in [4.69, 9.17) is 4.52 Å². The van der Waals surface area contributed by atoms with Crippen LogP contribution in [0.25, 0.3) is 11.4 Å². The Bertz CT molecular complexity index is 1100. The van der Waals surface area contributed by atoms with E-state index in [0.717, 1.165) is 18.2 Å². The van der Waals surface area contributed by atoms with Gasteiger partial charge in [-0.05, 0) is 19.1 Å². The lowest BCUT2D eigenvalue weighted by Gasteiger charge is -2.12. The van der Waals surface area contributed by atoms with Crippen molar-refractivity contribution in [3.8, 4) is 11.4 Å². The van der Waals surface area contributed by atoms with E-state index in [-0.39, 0.29) is 17.4 Å². The van der Waals surface area contributed by atoms with Crippen LogP contribution in [0.4, 0.5) is 14.5 Å². The molecule has 0 spiro atoms. The molecule has 3 aromatic rings. The van der Waals surface area contributed by atoms with Crippen molar-refractivity contribution in [2.75, 3.05) is 5.32 Å². The zero-order valence-corrected chi connectivity index (χ0v) is 15.4. The quantitative estimate of drug-likeness (QED) is 0.674. The van der Waals surface area contributed by atoms with Crippen molar-refractivity contribution in [1.82, 2.24) is 10.1 Å². The molecule has 3 rings (SSSR count). The van der Waals surface area contributed by atoms with Gasteiger partial charge in [-0.1, -0.05) is 35.5 Å². The second-order valence-electron chi connectivity index (χ2n) is 5.95. The van der Waals surface area contributed by atoms with Gasteiger partial charge < -0.3 is 9.84 Å². The number of hydrogen-bond donors (Lipinski definition) is 1. The van der Waals surface area contributed by atoms with Crippen LogP contribution in [0.5, 0.6) is 0 Å². The first-order chi connectivity index (χ1) is 13.3. The molecule has 0 radical (unpaired) electrons. The van der Waals surface area contributed by atoms with Gasteiger partial charge in [0.25, 0.3) is 0 Å². The number of carbonyl (C=O) groups excluding carboxylic acids is 1. The smallest absolute Gasteiger partial charge is 0.242 e. The molecule has 146 valence electrons. The Balaban J connectivity index is 1.70. The lowest BCUT2D eigenvalue weighted by atomic mass is 10.2. The van der Waals surface area contributed by atoms with Gasteiger partial charge in [0.2, 0.25) is 17.6 Å². The van der Waals surface area contributed by atoms with Gasteiger partial charge in [0.1, 0.15) is 11.0 Å². The number of hydrogen-bond acceptors (Lipinski definition) is 6. The largest absolute Gasteiger partial charge is 0.338 e. The Morgan fingerprint density at radius 1 is 1.14 bits per heavy atom. The van der Waals surface area contributed by atoms with Crippen LogP contribution in [0.1, 0.15) is 12.8 Å². The number of halogens is 2. The summed E-state index contributed by atoms with van der Waals surface area (Å²) in [6, 6.07) is 11.5. The predicted octanol–water partition coefficient (Wildman–Crippen LogP) is 2.96. The lowest BCUT2D eigenvalue weighted by Crippen LogP contribution is -2.33. The van der Waals surface area contributed by atoms with Crippen molar-refractivity contribution in [3.63, 3.8) is 0 Å². The van der Waals surface area contributed by atoms with Crippen LogP contribution < -0.4 is 5.32 Å². The van der Waals surface area contributed by atoms with E-state index in [9.17, 15) is 22.0 Å². The Hall–Kier alpha value is -3.14. The van der Waals surface area contributed by atoms with Crippen molar-refractivity contribution in [1.29, 1.82) is 0 Å². The van der Waals surface area contributed by atoms with Crippen LogP contribution in [0.15, 0.2) is 53.1 Å². The minimum absolute atomic E-state index is 0.0601. The summed E-state index contributed by atoms with van der Waals surface area (Å²) in [6.45, 7) is 1.18. The molecule has 2 aromatic carbocycles. The van der Waals surface area contributed by atoms with Crippen molar-refractivity contribution in [2.24, 2.45) is 0 Å². The fraction of sp³-hybridized carbons (Fsp3) is 0.167. The summed E-state index contributed by atoms with van der Waals surface area (Å²) in [6.07, 6.45) is 0. The standard InChI is InChI=1S/C18H15F2N3O4S/c1-11(18(24)21-13-7-8-14(19)15(20)9-13)28(25,26)10-16-22-17(23-27-16)12-5-3-2-4-6-12/h2-9,11H,10H2,1H3,(H,21,24)/t11-/m1/s1. The number of amides is 1. The first kappa shape index (κ1) is 19.6. The van der Waals surface area contributed by atoms with E-state index in [1.165, 1.54) is 6.92 Å². The molecule has 7 nitrogen and oxygen atoms in total. The molecule has 10 heteroatoms. The number of sulfone groups is 1. The van der Waals surface area contributed by atoms with E-state index >= 15 is 0 Å². The number of nitrogens with zero attached hydrogens (tertiary/aromatic N) is 2. The third kappa shape index (κ3) is 4.39. The van der Waals surface area contributed by atoms with E-state index in [1.54, 1.807) is 24.3 Å². The van der Waals surface area contributed by atoms with Gasteiger partial charge in [0.05, 0.1) is 0 Å². The molecule has 0 aliphatic rings. The molecule has 0 unspecified atom stereocenters. The molecule has 0 aliphatic carbocycles. The third-order valence-corrected chi connectivity index (χ3v) is 5.86. The topological polar surface area (TPSA) is 102 Å². The number of nitrogens with one attached hydrogen (secondary N) is 1. The van der Waals surface area contributed by atoms with Gasteiger partial charge in [-0.2, -0.15) is 4.98 Å². The van der Waals surface area contributed by atoms with Crippen molar-refractivity contribution < 1.29 is 26.5 Å². The maximum absolute atomic E-state index is 13.2. The molecule has 1 N–H and O–H groups in total. The summed E-state index contributed by atoms with van der Waals surface area (Å²) in [5, 5.41) is 4.49. The average molecular weight is 407 g/mol. The highest BCUT2D eigenvalue weighted by Crippen LogP contribution is 2.18. The first-order valence-electron chi connectivity index (χ1n) is 8.12. The van der Waals surface area contributed by atoms with Crippen LogP contribution in [0, 0.1) is 11.6 Å². The molecular formula is C18H15F2N3O4S. The highest BCUT2D eigenvalue weighted by Gasteiger charge is 2.30. The van der Waals surface area contributed by atoms with Crippen LogP contribution in [0.3, 0.4) is 0 Å². The maximum Gasteiger partial charge on any atom is 0.242 e. The summed E-state index contributed by atoms with van der Waals surface area (Å²) in [5.74, 6) is -3.71. The van der Waals surface area contributed by atoms with Crippen molar-refractivity contribution in [3.05, 3.63) is 66.1 Å². The maximum atomic E-state index is 13.2. The summed E-state index contributed by atoms with van der Waals surface area (Å²) in [7, 11) is -4.00. The molecule has 1 amide bonds. The number of benzene rings is 2. The molecular weight excluding hydrogens is 392 g/mol. The third-order valence-electron chi connectivity index (χ3n) is 3.92. The average Bonchev–Trinajstić information content (AvgIpc) is 3.12. The summed E-state index contributed by atoms with van der Waals surface area (Å²) in [5.41, 5.74) is 0.592. The molecule has 0 saturated heterocycles. The Morgan fingerprint density at radius 2 is 1.86 bits per heavy atom. The van der Waals surface area contributed by atoms with Gasteiger partial charge >= 0.3 is 0 Å². The normalized spacial score (nSPS) is 12.5. The molecule has 28 heavy (non-hydrogen) atoms. The lowest BCUT2D eigenvalue weighted by molar-refractivity contribution is -0.115. The van der Waals surface area contributed by atoms with Gasteiger partial charge in [-0.3, -0.25) is 4.79 Å². The van der Waals surface area contributed by atoms with E-state index in [2.05, 4.69) is 15.5 Å². The van der Waals surface area contributed by atoms with Gasteiger partial charge in [0, 0.05) is 17.3 Å². The Kier molecular flexibility index (Phi) is 5.50. The zero-order valence-electron chi connectivity index (χ0n) is 14.6. The molecule has 1 heterocycles. The highest BCUT2D eigenvalue weighted by molar-refractivity contribution is 7.92. The number of carbonyl (C=O) groups is 1. The van der Waals surface area contributed by atoms with Gasteiger partial charge in [-0.15, -0.1) is 0 Å². The van der Waals surface area contributed by atoms with Crippen LogP contribution in [-0.2, 0) is 20.4 Å². The van der Waals surface area contributed by atoms with Gasteiger partial charge in [-0.25, -0.2) is 17.2 Å². The highest BCUT2D eigenvalue weighted by atomic mass is 32.2. The van der Waals surface area contributed by atoms with E-state index < -0.39 is 38.4 Å². The monoisotopic (exact) mass is 407 g/mol. The van der Waals surface area contributed by atoms with Crippen LogP contribution in [0.2, 0.25) is 0 Å². The molecule has 0 fully saturated rings. The summed E-state index contributed by atoms with van der Waals surface area (Å²) < 4.78 is 56.1. The summed E-state index contributed by atoms with van der Waals surface area (Å²) >= 11 is 0. The first-order valence-corrected chi connectivity index (χ1v) is 9.83. The number of anilines is 1. The fourth-order valence-corrected chi connectivity index (χ4v) is 3.39.